The topological polar surface area (TPSA) is 66.2 Å². The second-order valence-corrected chi connectivity index (χ2v) is 5.86. The Kier molecular flexibility index (Phi) is 7.27. The molecule has 1 aliphatic heterocycles. The molecule has 1 aromatic rings. The molecule has 24 heavy (non-hydrogen) atoms. The van der Waals surface area contributed by atoms with E-state index in [1.807, 2.05) is 4.90 Å². The number of hydrogen-bond donors (Lipinski definition) is 0. The molecule has 0 spiro atoms. The molecule has 0 bridgehead atoms. The summed E-state index contributed by atoms with van der Waals surface area (Å²) in [4.78, 5) is 30.7. The van der Waals surface area contributed by atoms with E-state index in [0.29, 0.717) is 31.7 Å². The Hall–Kier alpha value is -1.86. The van der Waals surface area contributed by atoms with Crippen molar-refractivity contribution < 1.29 is 18.7 Å². The highest BCUT2D eigenvalue weighted by atomic mass is 16.5. The zero-order valence-electron chi connectivity index (χ0n) is 14.6. The molecule has 2 amide bonds. The fraction of sp³-hybridized carbons (Fsp3) is 0.647. The summed E-state index contributed by atoms with van der Waals surface area (Å²) in [5, 5.41) is 0. The van der Waals surface area contributed by atoms with Crippen LogP contribution in [0.15, 0.2) is 23.0 Å². The number of hydrogen-bond acceptors (Lipinski definition) is 5. The fourth-order valence-corrected chi connectivity index (χ4v) is 2.79. The molecule has 0 aliphatic carbocycles. The second kappa shape index (κ2) is 9.44. The van der Waals surface area contributed by atoms with Crippen molar-refractivity contribution in [2.24, 2.45) is 0 Å². The molecule has 0 N–H and O–H groups in total. The lowest BCUT2D eigenvalue weighted by Gasteiger charge is -2.34. The minimum atomic E-state index is -0.135. The van der Waals surface area contributed by atoms with E-state index in [1.165, 1.54) is 12.5 Å². The summed E-state index contributed by atoms with van der Waals surface area (Å²) in [6.45, 7) is 7.80. The Morgan fingerprint density at radius 1 is 1.25 bits per heavy atom. The molecule has 0 aromatic carbocycles. The number of rotatable bonds is 8. The molecule has 7 nitrogen and oxygen atoms in total. The van der Waals surface area contributed by atoms with Crippen molar-refractivity contribution in [2.45, 2.75) is 13.3 Å². The predicted octanol–water partition coefficient (Wildman–Crippen LogP) is 0.922. The lowest BCUT2D eigenvalue weighted by Crippen LogP contribution is -2.49. The smallest absolute Gasteiger partial charge is 0.257 e. The molecule has 1 aromatic heterocycles. The molecule has 0 unspecified atom stereocenters. The van der Waals surface area contributed by atoms with Gasteiger partial charge in [0.05, 0.1) is 18.4 Å². The number of carbonyl (C=O) groups excluding carboxylic acids is 2. The third-order valence-electron chi connectivity index (χ3n) is 4.39. The lowest BCUT2D eigenvalue weighted by atomic mass is 10.2. The first-order valence-corrected chi connectivity index (χ1v) is 8.46. The van der Waals surface area contributed by atoms with Crippen molar-refractivity contribution >= 4 is 11.8 Å². The number of furan rings is 1. The Morgan fingerprint density at radius 2 is 2.00 bits per heavy atom. The molecule has 2 rings (SSSR count). The maximum absolute atomic E-state index is 12.5. The molecule has 2 heterocycles. The number of piperazine rings is 1. The van der Waals surface area contributed by atoms with Crippen LogP contribution < -0.4 is 0 Å². The van der Waals surface area contributed by atoms with Gasteiger partial charge in [-0.15, -0.1) is 0 Å². The number of amides is 2. The molecule has 0 saturated carbocycles. The van der Waals surface area contributed by atoms with E-state index in [0.717, 1.165) is 32.7 Å². The van der Waals surface area contributed by atoms with Gasteiger partial charge in [-0.1, -0.05) is 6.92 Å². The van der Waals surface area contributed by atoms with Gasteiger partial charge in [-0.05, 0) is 12.6 Å². The number of nitrogens with zero attached hydrogens (tertiary/aromatic N) is 3. The first-order valence-electron chi connectivity index (χ1n) is 8.46. The van der Waals surface area contributed by atoms with Crippen molar-refractivity contribution in [2.75, 3.05) is 59.5 Å². The Labute approximate surface area is 143 Å². The summed E-state index contributed by atoms with van der Waals surface area (Å²) in [7, 11) is 1.60. The van der Waals surface area contributed by atoms with E-state index in [-0.39, 0.29) is 11.8 Å². The van der Waals surface area contributed by atoms with Crippen LogP contribution in [-0.2, 0) is 9.53 Å². The third kappa shape index (κ3) is 5.07. The molecular weight excluding hydrogens is 310 g/mol. The van der Waals surface area contributed by atoms with Gasteiger partial charge in [0.25, 0.3) is 5.91 Å². The van der Waals surface area contributed by atoms with Crippen LogP contribution in [0.5, 0.6) is 0 Å². The van der Waals surface area contributed by atoms with Gasteiger partial charge in [-0.3, -0.25) is 9.59 Å². The number of carbonyl (C=O) groups is 2. The van der Waals surface area contributed by atoms with Crippen molar-refractivity contribution in [1.82, 2.24) is 14.7 Å². The van der Waals surface area contributed by atoms with Gasteiger partial charge < -0.3 is 23.9 Å². The summed E-state index contributed by atoms with van der Waals surface area (Å²) >= 11 is 0. The van der Waals surface area contributed by atoms with Gasteiger partial charge in [-0.25, -0.2) is 0 Å². The molecule has 1 aliphatic rings. The standard InChI is InChI=1S/C17H27N3O4/c1-3-18-7-9-19(10-8-18)16(21)4-6-20(11-13-23-2)17(22)15-5-12-24-14-15/h5,12,14H,3-4,6-11,13H2,1-2H3. The van der Waals surface area contributed by atoms with Crippen molar-refractivity contribution in [3.05, 3.63) is 24.2 Å². The van der Waals surface area contributed by atoms with Gasteiger partial charge in [0.1, 0.15) is 6.26 Å². The largest absolute Gasteiger partial charge is 0.472 e. The first-order chi connectivity index (χ1) is 11.7. The van der Waals surface area contributed by atoms with Crippen molar-refractivity contribution in [3.63, 3.8) is 0 Å². The van der Waals surface area contributed by atoms with Crippen LogP contribution in [0.25, 0.3) is 0 Å². The van der Waals surface area contributed by atoms with Crippen molar-refractivity contribution in [1.29, 1.82) is 0 Å². The highest BCUT2D eigenvalue weighted by Gasteiger charge is 2.22. The van der Waals surface area contributed by atoms with Crippen LogP contribution in [0, 0.1) is 0 Å². The Morgan fingerprint density at radius 3 is 2.58 bits per heavy atom. The third-order valence-corrected chi connectivity index (χ3v) is 4.39. The average Bonchev–Trinajstić information content (AvgIpc) is 3.16. The maximum atomic E-state index is 12.5. The highest BCUT2D eigenvalue weighted by Crippen LogP contribution is 2.08. The number of methoxy groups -OCH3 is 1. The number of ether oxygens (including phenoxy) is 1. The quantitative estimate of drug-likeness (QED) is 0.706. The van der Waals surface area contributed by atoms with Crippen LogP contribution >= 0.6 is 0 Å². The fourth-order valence-electron chi connectivity index (χ4n) is 2.79. The van der Waals surface area contributed by atoms with Crippen LogP contribution in [0.1, 0.15) is 23.7 Å². The molecule has 1 saturated heterocycles. The lowest BCUT2D eigenvalue weighted by molar-refractivity contribution is -0.133. The van der Waals surface area contributed by atoms with Gasteiger partial charge >= 0.3 is 0 Å². The first kappa shape index (κ1) is 18.5. The minimum absolute atomic E-state index is 0.105. The normalized spacial score (nSPS) is 15.5. The summed E-state index contributed by atoms with van der Waals surface area (Å²) < 4.78 is 10.0. The SMILES string of the molecule is CCN1CCN(C(=O)CCN(CCOC)C(=O)c2ccoc2)CC1. The maximum Gasteiger partial charge on any atom is 0.257 e. The van der Waals surface area contributed by atoms with E-state index in [1.54, 1.807) is 18.1 Å². The van der Waals surface area contributed by atoms with Crippen molar-refractivity contribution in [3.8, 4) is 0 Å². The second-order valence-electron chi connectivity index (χ2n) is 5.86. The van der Waals surface area contributed by atoms with Gasteiger partial charge in [0, 0.05) is 52.8 Å². The summed E-state index contributed by atoms with van der Waals surface area (Å²) in [6, 6.07) is 1.63. The summed E-state index contributed by atoms with van der Waals surface area (Å²) in [6.07, 6.45) is 3.23. The Bertz CT molecular complexity index is 510. The molecule has 0 radical (unpaired) electrons. The van der Waals surface area contributed by atoms with Gasteiger partial charge in [-0.2, -0.15) is 0 Å². The van der Waals surface area contributed by atoms with E-state index in [2.05, 4.69) is 11.8 Å². The van der Waals surface area contributed by atoms with Gasteiger partial charge in [0.2, 0.25) is 5.91 Å². The molecule has 1 fully saturated rings. The van der Waals surface area contributed by atoms with Crippen LogP contribution in [0.4, 0.5) is 0 Å². The molecular formula is C17H27N3O4. The Balaban J connectivity index is 1.85. The van der Waals surface area contributed by atoms with Gasteiger partial charge in [0.15, 0.2) is 0 Å². The van der Waals surface area contributed by atoms with E-state index in [4.69, 9.17) is 9.15 Å². The molecule has 0 atom stereocenters. The van der Waals surface area contributed by atoms with Crippen LogP contribution in [-0.4, -0.2) is 86.0 Å². The minimum Gasteiger partial charge on any atom is -0.472 e. The van der Waals surface area contributed by atoms with E-state index >= 15 is 0 Å². The predicted molar refractivity (Wildman–Crippen MR) is 89.8 cm³/mol. The van der Waals surface area contributed by atoms with Crippen LogP contribution in [0.3, 0.4) is 0 Å². The highest BCUT2D eigenvalue weighted by molar-refractivity contribution is 5.94. The zero-order chi connectivity index (χ0) is 17.4. The summed E-state index contributed by atoms with van der Waals surface area (Å²) in [5.74, 6) is -0.0300. The molecule has 134 valence electrons. The zero-order valence-corrected chi connectivity index (χ0v) is 14.6. The number of likely N-dealkylation sites (N-methyl/N-ethyl adjacent to an activating group) is 1. The van der Waals surface area contributed by atoms with E-state index < -0.39 is 0 Å². The van der Waals surface area contributed by atoms with E-state index in [9.17, 15) is 9.59 Å². The monoisotopic (exact) mass is 337 g/mol. The average molecular weight is 337 g/mol. The summed E-state index contributed by atoms with van der Waals surface area (Å²) in [5.41, 5.74) is 0.495. The molecule has 7 heteroatoms. The van der Waals surface area contributed by atoms with Crippen LogP contribution in [0.2, 0.25) is 0 Å².